The Morgan fingerprint density at radius 2 is 1.59 bits per heavy atom. The second-order valence-electron chi connectivity index (χ2n) is 8.59. The van der Waals surface area contributed by atoms with Gasteiger partial charge < -0.3 is 24.8 Å². The lowest BCUT2D eigenvalue weighted by atomic mass is 10.0. The molecule has 3 aromatic rings. The van der Waals surface area contributed by atoms with Crippen molar-refractivity contribution in [2.45, 2.75) is 31.8 Å². The zero-order valence-electron chi connectivity index (χ0n) is 21.2. The minimum Gasteiger partial charge on any atom is -0.493 e. The third-order valence-corrected chi connectivity index (χ3v) is 6.23. The molecule has 0 aromatic heterocycles. The van der Waals surface area contributed by atoms with Crippen LogP contribution >= 0.6 is 11.6 Å². The van der Waals surface area contributed by atoms with Crippen molar-refractivity contribution in [2.75, 3.05) is 27.4 Å². The average Bonchev–Trinajstić information content (AvgIpc) is 2.92. The van der Waals surface area contributed by atoms with Crippen molar-refractivity contribution in [3.05, 3.63) is 94.5 Å². The van der Waals surface area contributed by atoms with Gasteiger partial charge in [0, 0.05) is 31.1 Å². The summed E-state index contributed by atoms with van der Waals surface area (Å²) in [5, 5.41) is 12.6. The molecule has 37 heavy (non-hydrogen) atoms. The molecule has 0 saturated heterocycles. The normalized spacial score (nSPS) is 11.5. The highest BCUT2D eigenvalue weighted by atomic mass is 35.5. The van der Waals surface area contributed by atoms with Crippen LogP contribution in [-0.2, 0) is 29.0 Å². The molecule has 0 unspecified atom stereocenters. The van der Waals surface area contributed by atoms with Crippen LogP contribution in [-0.4, -0.2) is 55.2 Å². The van der Waals surface area contributed by atoms with Gasteiger partial charge in [-0.3, -0.25) is 9.59 Å². The van der Waals surface area contributed by atoms with Crippen molar-refractivity contribution in [2.24, 2.45) is 0 Å². The van der Waals surface area contributed by atoms with E-state index in [1.807, 2.05) is 48.5 Å². The Labute approximate surface area is 223 Å². The number of carbonyl (C=O) groups excluding carboxylic acids is 2. The van der Waals surface area contributed by atoms with Crippen LogP contribution in [0.5, 0.6) is 11.5 Å². The van der Waals surface area contributed by atoms with Gasteiger partial charge in [-0.05, 0) is 47.4 Å². The molecule has 8 heteroatoms. The largest absolute Gasteiger partial charge is 0.493 e. The van der Waals surface area contributed by atoms with Gasteiger partial charge in [-0.2, -0.15) is 0 Å². The number of aliphatic hydroxyl groups is 1. The van der Waals surface area contributed by atoms with E-state index < -0.39 is 6.04 Å². The van der Waals surface area contributed by atoms with E-state index in [9.17, 15) is 9.59 Å². The maximum atomic E-state index is 13.8. The van der Waals surface area contributed by atoms with E-state index >= 15 is 0 Å². The monoisotopic (exact) mass is 524 g/mol. The van der Waals surface area contributed by atoms with Gasteiger partial charge >= 0.3 is 0 Å². The molecule has 2 N–H and O–H groups in total. The Bertz CT molecular complexity index is 1150. The molecule has 3 rings (SSSR count). The lowest BCUT2D eigenvalue weighted by Crippen LogP contribution is -2.51. The summed E-state index contributed by atoms with van der Waals surface area (Å²) >= 11 is 6.08. The van der Waals surface area contributed by atoms with Crippen molar-refractivity contribution in [1.29, 1.82) is 0 Å². The molecule has 2 amide bonds. The van der Waals surface area contributed by atoms with Gasteiger partial charge in [-0.1, -0.05) is 60.1 Å². The third kappa shape index (κ3) is 8.23. The summed E-state index contributed by atoms with van der Waals surface area (Å²) < 4.78 is 10.7. The highest BCUT2D eigenvalue weighted by molar-refractivity contribution is 6.30. The molecule has 0 heterocycles. The van der Waals surface area contributed by atoms with E-state index in [-0.39, 0.29) is 31.4 Å². The fraction of sp³-hybridized carbons (Fsp3) is 0.310. The van der Waals surface area contributed by atoms with E-state index in [1.165, 1.54) is 0 Å². The number of aliphatic hydroxyl groups excluding tert-OH is 1. The van der Waals surface area contributed by atoms with Crippen LogP contribution in [0.2, 0.25) is 5.02 Å². The molecular formula is C29H33ClN2O5. The molecule has 0 aliphatic heterocycles. The second kappa shape index (κ2) is 14.3. The predicted molar refractivity (Wildman–Crippen MR) is 144 cm³/mol. The molecule has 0 fully saturated rings. The molecule has 0 bridgehead atoms. The van der Waals surface area contributed by atoms with Crippen LogP contribution in [0.25, 0.3) is 0 Å². The van der Waals surface area contributed by atoms with Crippen molar-refractivity contribution in [3.8, 4) is 11.5 Å². The fourth-order valence-electron chi connectivity index (χ4n) is 4.02. The van der Waals surface area contributed by atoms with Crippen LogP contribution in [0, 0.1) is 0 Å². The number of amides is 2. The van der Waals surface area contributed by atoms with Gasteiger partial charge in [0.15, 0.2) is 11.5 Å². The standard InChI is InChI=1S/C29H33ClN2O5/c1-36-26-14-11-23(18-27(26)37-2)19-28(34)32(20-22-9-12-24(30)13-10-22)25(29(35)31-15-6-16-33)17-21-7-4-3-5-8-21/h3-5,7-14,18,25,33H,6,15-17,19-20H2,1-2H3,(H,31,35)/t25-/m0/s1. The lowest BCUT2D eigenvalue weighted by Gasteiger charge is -2.32. The molecular weight excluding hydrogens is 492 g/mol. The van der Waals surface area contributed by atoms with E-state index in [0.29, 0.717) is 35.9 Å². The maximum absolute atomic E-state index is 13.8. The average molecular weight is 525 g/mol. The molecule has 0 saturated carbocycles. The molecule has 3 aromatic carbocycles. The zero-order chi connectivity index (χ0) is 26.6. The van der Waals surface area contributed by atoms with E-state index in [4.69, 9.17) is 26.2 Å². The van der Waals surface area contributed by atoms with E-state index in [2.05, 4.69) is 5.32 Å². The van der Waals surface area contributed by atoms with Gasteiger partial charge in [0.2, 0.25) is 11.8 Å². The van der Waals surface area contributed by atoms with Crippen LogP contribution in [0.1, 0.15) is 23.1 Å². The number of nitrogens with zero attached hydrogens (tertiary/aromatic N) is 1. The molecule has 0 aliphatic carbocycles. The Balaban J connectivity index is 1.95. The zero-order valence-corrected chi connectivity index (χ0v) is 21.9. The van der Waals surface area contributed by atoms with Crippen LogP contribution in [0.4, 0.5) is 0 Å². The first-order valence-electron chi connectivity index (χ1n) is 12.1. The van der Waals surface area contributed by atoms with Gasteiger partial charge in [-0.25, -0.2) is 0 Å². The summed E-state index contributed by atoms with van der Waals surface area (Å²) in [7, 11) is 3.10. The number of halogens is 1. The molecule has 0 aliphatic rings. The van der Waals surface area contributed by atoms with E-state index in [1.54, 1.807) is 43.4 Å². The SMILES string of the molecule is COc1ccc(CC(=O)N(Cc2ccc(Cl)cc2)[C@@H](Cc2ccccc2)C(=O)NCCCO)cc1OC. The number of benzene rings is 3. The van der Waals surface area contributed by atoms with Crippen molar-refractivity contribution < 1.29 is 24.2 Å². The summed E-state index contributed by atoms with van der Waals surface area (Å²) in [4.78, 5) is 28.8. The first kappa shape index (κ1) is 28.0. The summed E-state index contributed by atoms with van der Waals surface area (Å²) in [5.74, 6) is 0.619. The summed E-state index contributed by atoms with van der Waals surface area (Å²) in [6.45, 7) is 0.518. The molecule has 0 radical (unpaired) electrons. The third-order valence-electron chi connectivity index (χ3n) is 5.97. The molecule has 0 spiro atoms. The molecule has 1 atom stereocenters. The van der Waals surface area contributed by atoms with Gasteiger partial charge in [0.1, 0.15) is 6.04 Å². The number of ether oxygens (including phenoxy) is 2. The predicted octanol–water partition coefficient (Wildman–Crippen LogP) is 4.04. The molecule has 7 nitrogen and oxygen atoms in total. The summed E-state index contributed by atoms with van der Waals surface area (Å²) in [5.41, 5.74) is 2.53. The Morgan fingerprint density at radius 1 is 0.919 bits per heavy atom. The number of methoxy groups -OCH3 is 2. The highest BCUT2D eigenvalue weighted by Crippen LogP contribution is 2.28. The molecule has 196 valence electrons. The fourth-order valence-corrected chi connectivity index (χ4v) is 4.14. The maximum Gasteiger partial charge on any atom is 0.243 e. The Morgan fingerprint density at radius 3 is 2.24 bits per heavy atom. The van der Waals surface area contributed by atoms with Crippen molar-refractivity contribution >= 4 is 23.4 Å². The summed E-state index contributed by atoms with van der Waals surface area (Å²) in [6, 6.07) is 21.4. The van der Waals surface area contributed by atoms with E-state index in [0.717, 1.165) is 16.7 Å². The Kier molecular flexibility index (Phi) is 10.8. The second-order valence-corrected chi connectivity index (χ2v) is 9.02. The van der Waals surface area contributed by atoms with Gasteiger partial charge in [0.05, 0.1) is 20.6 Å². The quantitative estimate of drug-likeness (QED) is 0.329. The minimum atomic E-state index is -0.760. The van der Waals surface area contributed by atoms with Gasteiger partial charge in [0.25, 0.3) is 0 Å². The van der Waals surface area contributed by atoms with Crippen LogP contribution in [0.3, 0.4) is 0 Å². The smallest absolute Gasteiger partial charge is 0.243 e. The first-order valence-corrected chi connectivity index (χ1v) is 12.5. The van der Waals surface area contributed by atoms with Crippen LogP contribution < -0.4 is 14.8 Å². The number of hydrogen-bond donors (Lipinski definition) is 2. The number of rotatable bonds is 13. The summed E-state index contributed by atoms with van der Waals surface area (Å²) in [6.07, 6.45) is 0.848. The topological polar surface area (TPSA) is 88.1 Å². The lowest BCUT2D eigenvalue weighted by molar-refractivity contribution is -0.140. The highest BCUT2D eigenvalue weighted by Gasteiger charge is 2.30. The first-order chi connectivity index (χ1) is 17.9. The number of hydrogen-bond acceptors (Lipinski definition) is 5. The Hall–Kier alpha value is -3.55. The number of nitrogens with one attached hydrogen (secondary N) is 1. The minimum absolute atomic E-state index is 0.0314. The van der Waals surface area contributed by atoms with Gasteiger partial charge in [-0.15, -0.1) is 0 Å². The van der Waals surface area contributed by atoms with Crippen molar-refractivity contribution in [3.63, 3.8) is 0 Å². The van der Waals surface area contributed by atoms with Crippen LogP contribution in [0.15, 0.2) is 72.8 Å². The number of carbonyl (C=O) groups is 2. The van der Waals surface area contributed by atoms with Crippen molar-refractivity contribution in [1.82, 2.24) is 10.2 Å².